The van der Waals surface area contributed by atoms with Gasteiger partial charge in [-0.05, 0) is 43.8 Å². The highest BCUT2D eigenvalue weighted by Gasteiger charge is 2.08. The lowest BCUT2D eigenvalue weighted by Crippen LogP contribution is -2.37. The molecule has 27 heavy (non-hydrogen) atoms. The summed E-state index contributed by atoms with van der Waals surface area (Å²) in [5, 5.41) is 4.02. The van der Waals surface area contributed by atoms with Gasteiger partial charge in [0.25, 0.3) is 0 Å². The van der Waals surface area contributed by atoms with Gasteiger partial charge in [-0.25, -0.2) is 4.98 Å². The summed E-state index contributed by atoms with van der Waals surface area (Å²) >= 11 is 1.68. The van der Waals surface area contributed by atoms with E-state index in [1.165, 1.54) is 10.3 Å². The molecule has 5 nitrogen and oxygen atoms in total. The normalized spacial score (nSPS) is 11.1. The summed E-state index contributed by atoms with van der Waals surface area (Å²) in [7, 11) is 1.92. The first-order chi connectivity index (χ1) is 13.1. The van der Waals surface area contributed by atoms with Crippen LogP contribution in [-0.2, 0) is 11.2 Å². The Labute approximate surface area is 164 Å². The molecular formula is C21H25N3O2S. The molecule has 0 radical (unpaired) electrons. The number of para-hydroxylation sites is 1. The molecule has 0 fully saturated rings. The number of likely N-dealkylation sites (N-methyl/N-ethyl adjacent to an activating group) is 1. The molecule has 1 amide bonds. The van der Waals surface area contributed by atoms with E-state index in [9.17, 15) is 4.79 Å². The molecule has 0 unspecified atom stereocenters. The van der Waals surface area contributed by atoms with Crippen LogP contribution in [0.4, 0.5) is 0 Å². The molecule has 0 bridgehead atoms. The molecule has 0 aliphatic heterocycles. The van der Waals surface area contributed by atoms with Crippen LogP contribution < -0.4 is 10.1 Å². The molecular weight excluding hydrogens is 358 g/mol. The zero-order valence-electron chi connectivity index (χ0n) is 15.8. The van der Waals surface area contributed by atoms with E-state index in [1.54, 1.807) is 11.3 Å². The van der Waals surface area contributed by atoms with Crippen molar-refractivity contribution in [2.24, 2.45) is 0 Å². The summed E-state index contributed by atoms with van der Waals surface area (Å²) < 4.78 is 6.91. The van der Waals surface area contributed by atoms with Crippen molar-refractivity contribution in [1.82, 2.24) is 15.2 Å². The van der Waals surface area contributed by atoms with E-state index in [-0.39, 0.29) is 5.91 Å². The van der Waals surface area contributed by atoms with Crippen LogP contribution in [0.3, 0.4) is 0 Å². The summed E-state index contributed by atoms with van der Waals surface area (Å²) in [5.74, 6) is 0.887. The van der Waals surface area contributed by atoms with Crippen LogP contribution in [0.5, 0.6) is 5.75 Å². The summed E-state index contributed by atoms with van der Waals surface area (Å²) in [6, 6.07) is 16.1. The largest absolute Gasteiger partial charge is 0.492 e. The molecule has 1 heterocycles. The lowest BCUT2D eigenvalue weighted by molar-refractivity contribution is -0.121. The molecule has 0 aliphatic carbocycles. The minimum Gasteiger partial charge on any atom is -0.492 e. The molecule has 6 heteroatoms. The maximum atomic E-state index is 12.1. The Bertz CT molecular complexity index is 861. The van der Waals surface area contributed by atoms with E-state index in [0.717, 1.165) is 22.7 Å². The molecule has 3 aromatic rings. The molecule has 3 rings (SSSR count). The Balaban J connectivity index is 1.33. The highest BCUT2D eigenvalue weighted by Crippen LogP contribution is 2.21. The van der Waals surface area contributed by atoms with Gasteiger partial charge in [0.05, 0.1) is 21.8 Å². The molecule has 0 saturated carbocycles. The van der Waals surface area contributed by atoms with Crippen molar-refractivity contribution in [3.05, 3.63) is 59.1 Å². The SMILES string of the molecule is Cc1cccc(OCCN(C)CC(=O)NCCc2nc3ccccc3s2)c1. The number of aromatic nitrogens is 1. The molecule has 1 N–H and O–H groups in total. The number of hydrogen-bond acceptors (Lipinski definition) is 5. The van der Waals surface area contributed by atoms with Crippen molar-refractivity contribution in [2.45, 2.75) is 13.3 Å². The quantitative estimate of drug-likeness (QED) is 0.616. The minimum atomic E-state index is 0.0224. The number of aryl methyl sites for hydroxylation is 1. The van der Waals surface area contributed by atoms with Crippen LogP contribution in [0.2, 0.25) is 0 Å². The average molecular weight is 384 g/mol. The summed E-state index contributed by atoms with van der Waals surface area (Å²) in [4.78, 5) is 18.6. The van der Waals surface area contributed by atoms with E-state index in [2.05, 4.69) is 16.4 Å². The molecule has 142 valence electrons. The average Bonchev–Trinajstić information content (AvgIpc) is 3.04. The van der Waals surface area contributed by atoms with Crippen LogP contribution in [0.1, 0.15) is 10.6 Å². The van der Waals surface area contributed by atoms with Gasteiger partial charge >= 0.3 is 0 Å². The third-order valence-electron chi connectivity index (χ3n) is 4.14. The van der Waals surface area contributed by atoms with E-state index >= 15 is 0 Å². The molecule has 0 spiro atoms. The fraction of sp³-hybridized carbons (Fsp3) is 0.333. The monoisotopic (exact) mass is 383 g/mol. The number of nitrogens with zero attached hydrogens (tertiary/aromatic N) is 2. The molecule has 1 aromatic heterocycles. The summed E-state index contributed by atoms with van der Waals surface area (Å²) in [6.45, 7) is 4.25. The van der Waals surface area contributed by atoms with Crippen molar-refractivity contribution in [2.75, 3.05) is 33.3 Å². The number of hydrogen-bond donors (Lipinski definition) is 1. The third kappa shape index (κ3) is 6.05. The maximum Gasteiger partial charge on any atom is 0.234 e. The fourth-order valence-corrected chi connectivity index (χ4v) is 3.71. The number of thiazole rings is 1. The standard InChI is InChI=1S/C21H25N3O2S/c1-16-6-5-7-17(14-16)26-13-12-24(2)15-20(25)22-11-10-21-23-18-8-3-4-9-19(18)27-21/h3-9,14H,10-13,15H2,1-2H3,(H,22,25). The van der Waals surface area contributed by atoms with Gasteiger partial charge in [-0.3, -0.25) is 9.69 Å². The Kier molecular flexibility index (Phi) is 6.79. The van der Waals surface area contributed by atoms with Gasteiger partial charge in [0.2, 0.25) is 5.91 Å². The van der Waals surface area contributed by atoms with Gasteiger partial charge in [0, 0.05) is 19.5 Å². The summed E-state index contributed by atoms with van der Waals surface area (Å²) in [6.07, 6.45) is 0.755. The third-order valence-corrected chi connectivity index (χ3v) is 5.24. The van der Waals surface area contributed by atoms with Crippen molar-refractivity contribution in [3.8, 4) is 5.75 Å². The lowest BCUT2D eigenvalue weighted by atomic mass is 10.2. The van der Waals surface area contributed by atoms with Crippen LogP contribution in [0.25, 0.3) is 10.2 Å². The Morgan fingerprint density at radius 2 is 2.07 bits per heavy atom. The van der Waals surface area contributed by atoms with Crippen LogP contribution in [0, 0.1) is 6.92 Å². The first-order valence-corrected chi connectivity index (χ1v) is 9.91. The first-order valence-electron chi connectivity index (χ1n) is 9.09. The topological polar surface area (TPSA) is 54.5 Å². The number of carbonyl (C=O) groups is 1. The fourth-order valence-electron chi connectivity index (χ4n) is 2.74. The molecule has 0 saturated heterocycles. The Morgan fingerprint density at radius 3 is 2.89 bits per heavy atom. The highest BCUT2D eigenvalue weighted by molar-refractivity contribution is 7.18. The van der Waals surface area contributed by atoms with Gasteiger partial charge in [-0.15, -0.1) is 11.3 Å². The van der Waals surface area contributed by atoms with Gasteiger partial charge in [0.1, 0.15) is 12.4 Å². The predicted molar refractivity (Wildman–Crippen MR) is 111 cm³/mol. The smallest absolute Gasteiger partial charge is 0.234 e. The van der Waals surface area contributed by atoms with Gasteiger partial charge < -0.3 is 10.1 Å². The predicted octanol–water partition coefficient (Wildman–Crippen LogP) is 3.27. The van der Waals surface area contributed by atoms with E-state index < -0.39 is 0 Å². The van der Waals surface area contributed by atoms with Gasteiger partial charge in [-0.1, -0.05) is 24.3 Å². The van der Waals surface area contributed by atoms with Crippen molar-refractivity contribution >= 4 is 27.5 Å². The van der Waals surface area contributed by atoms with E-state index in [4.69, 9.17) is 4.74 Å². The maximum absolute atomic E-state index is 12.1. The minimum absolute atomic E-state index is 0.0224. The number of ether oxygens (including phenoxy) is 1. The van der Waals surface area contributed by atoms with Crippen molar-refractivity contribution < 1.29 is 9.53 Å². The molecule has 0 aliphatic rings. The van der Waals surface area contributed by atoms with E-state index in [1.807, 2.05) is 61.3 Å². The lowest BCUT2D eigenvalue weighted by Gasteiger charge is -2.16. The summed E-state index contributed by atoms with van der Waals surface area (Å²) in [5.41, 5.74) is 2.20. The number of rotatable bonds is 9. The zero-order valence-corrected chi connectivity index (χ0v) is 16.6. The number of benzene rings is 2. The zero-order chi connectivity index (χ0) is 19.1. The van der Waals surface area contributed by atoms with Crippen molar-refractivity contribution in [1.29, 1.82) is 0 Å². The second kappa shape index (κ2) is 9.48. The van der Waals surface area contributed by atoms with Crippen LogP contribution >= 0.6 is 11.3 Å². The number of amides is 1. The Morgan fingerprint density at radius 1 is 1.22 bits per heavy atom. The van der Waals surface area contributed by atoms with Gasteiger partial charge in [0.15, 0.2) is 0 Å². The Hall–Kier alpha value is -2.44. The number of fused-ring (bicyclic) bond motifs is 1. The van der Waals surface area contributed by atoms with Gasteiger partial charge in [-0.2, -0.15) is 0 Å². The molecule has 2 aromatic carbocycles. The van der Waals surface area contributed by atoms with E-state index in [0.29, 0.717) is 26.2 Å². The van der Waals surface area contributed by atoms with Crippen LogP contribution in [-0.4, -0.2) is 49.1 Å². The number of nitrogens with one attached hydrogen (secondary N) is 1. The van der Waals surface area contributed by atoms with Crippen LogP contribution in [0.15, 0.2) is 48.5 Å². The second-order valence-electron chi connectivity index (χ2n) is 6.58. The highest BCUT2D eigenvalue weighted by atomic mass is 32.1. The second-order valence-corrected chi connectivity index (χ2v) is 7.69. The first kappa shape index (κ1) is 19.3. The molecule has 0 atom stereocenters. The number of carbonyl (C=O) groups excluding carboxylic acids is 1. The van der Waals surface area contributed by atoms with Crippen molar-refractivity contribution in [3.63, 3.8) is 0 Å².